The lowest BCUT2D eigenvalue weighted by atomic mass is 10.2. The zero-order valence-electron chi connectivity index (χ0n) is 10.5. The Morgan fingerprint density at radius 2 is 2.11 bits per heavy atom. The Morgan fingerprint density at radius 3 is 2.68 bits per heavy atom. The van der Waals surface area contributed by atoms with Crippen LogP contribution in [-0.4, -0.2) is 13.0 Å². The first-order chi connectivity index (χ1) is 8.79. The molecule has 0 bridgehead atoms. The molecule has 0 fully saturated rings. The van der Waals surface area contributed by atoms with Gasteiger partial charge in [0, 0.05) is 34.3 Å². The van der Waals surface area contributed by atoms with E-state index in [0.29, 0.717) is 17.4 Å². The summed E-state index contributed by atoms with van der Waals surface area (Å²) in [7, 11) is 1.49. The van der Waals surface area contributed by atoms with Gasteiger partial charge in [0.2, 0.25) is 0 Å². The van der Waals surface area contributed by atoms with E-state index in [4.69, 9.17) is 10.7 Å². The van der Waals surface area contributed by atoms with E-state index in [1.807, 2.05) is 19.9 Å². The summed E-state index contributed by atoms with van der Waals surface area (Å²) in [5, 5.41) is 0.303. The molecule has 0 N–H and O–H groups in total. The van der Waals surface area contributed by atoms with Crippen molar-refractivity contribution < 1.29 is 12.8 Å². The Kier molecular flexibility index (Phi) is 3.69. The van der Waals surface area contributed by atoms with Crippen LogP contribution in [0.1, 0.15) is 13.8 Å². The average Bonchev–Trinajstić information content (AvgIpc) is 2.64. The number of nitrogens with zero attached hydrogens (tertiary/aromatic N) is 1. The first kappa shape index (κ1) is 14.1. The summed E-state index contributed by atoms with van der Waals surface area (Å²) in [5.74, 6) is -0.492. The summed E-state index contributed by atoms with van der Waals surface area (Å²) < 4.78 is 38.0. The largest absolute Gasteiger partial charge is 0.342 e. The zero-order chi connectivity index (χ0) is 14.2. The molecule has 2 aromatic rings. The molecule has 102 valence electrons. The SMILES string of the molecule is CC(C)=CCn1cc(S(=O)(=O)Cl)c2cc(F)ccc21. The Morgan fingerprint density at radius 1 is 1.42 bits per heavy atom. The van der Waals surface area contributed by atoms with Crippen molar-refractivity contribution in [3.8, 4) is 0 Å². The third-order valence-corrected chi connectivity index (χ3v) is 4.11. The van der Waals surface area contributed by atoms with E-state index in [2.05, 4.69) is 0 Å². The van der Waals surface area contributed by atoms with Crippen LogP contribution in [0.4, 0.5) is 4.39 Å². The molecule has 0 aliphatic carbocycles. The van der Waals surface area contributed by atoms with Crippen LogP contribution in [0.5, 0.6) is 0 Å². The molecule has 0 atom stereocenters. The van der Waals surface area contributed by atoms with Gasteiger partial charge >= 0.3 is 0 Å². The fourth-order valence-electron chi connectivity index (χ4n) is 1.86. The lowest BCUT2D eigenvalue weighted by molar-refractivity contribution is 0.610. The van der Waals surface area contributed by atoms with Gasteiger partial charge in [0.1, 0.15) is 10.7 Å². The minimum Gasteiger partial charge on any atom is -0.342 e. The third-order valence-electron chi connectivity index (χ3n) is 2.77. The summed E-state index contributed by atoms with van der Waals surface area (Å²) in [6.07, 6.45) is 3.39. The van der Waals surface area contributed by atoms with Crippen LogP contribution >= 0.6 is 10.7 Å². The number of aromatic nitrogens is 1. The fraction of sp³-hybridized carbons (Fsp3) is 0.231. The predicted molar refractivity (Wildman–Crippen MR) is 74.4 cm³/mol. The zero-order valence-corrected chi connectivity index (χ0v) is 12.1. The van der Waals surface area contributed by atoms with Crippen LogP contribution < -0.4 is 0 Å². The summed E-state index contributed by atoms with van der Waals surface area (Å²) in [6.45, 7) is 4.41. The maximum absolute atomic E-state index is 13.3. The van der Waals surface area contributed by atoms with Gasteiger partial charge in [0.15, 0.2) is 0 Å². The molecule has 0 aliphatic rings. The van der Waals surface area contributed by atoms with Crippen molar-refractivity contribution in [1.82, 2.24) is 4.57 Å². The molecule has 0 radical (unpaired) electrons. The molecule has 0 amide bonds. The van der Waals surface area contributed by atoms with Gasteiger partial charge in [-0.25, -0.2) is 12.8 Å². The lowest BCUT2D eigenvalue weighted by Gasteiger charge is -2.01. The highest BCUT2D eigenvalue weighted by Gasteiger charge is 2.18. The molecule has 0 saturated carbocycles. The van der Waals surface area contributed by atoms with Gasteiger partial charge in [-0.05, 0) is 32.0 Å². The molecule has 0 saturated heterocycles. The van der Waals surface area contributed by atoms with E-state index in [1.165, 1.54) is 18.3 Å². The van der Waals surface area contributed by atoms with Crippen molar-refractivity contribution in [2.24, 2.45) is 0 Å². The van der Waals surface area contributed by atoms with Crippen LogP contribution in [0.15, 0.2) is 40.9 Å². The Labute approximate surface area is 115 Å². The number of rotatable bonds is 3. The van der Waals surface area contributed by atoms with Crippen LogP contribution in [0, 0.1) is 5.82 Å². The molecule has 19 heavy (non-hydrogen) atoms. The minimum atomic E-state index is -3.90. The average molecular weight is 302 g/mol. The van der Waals surface area contributed by atoms with Crippen molar-refractivity contribution in [1.29, 1.82) is 0 Å². The smallest absolute Gasteiger partial charge is 0.263 e. The van der Waals surface area contributed by atoms with E-state index < -0.39 is 14.9 Å². The first-order valence-corrected chi connectivity index (χ1v) is 7.96. The minimum absolute atomic E-state index is 0.0641. The number of benzene rings is 1. The van der Waals surface area contributed by atoms with Gasteiger partial charge in [-0.15, -0.1) is 0 Å². The van der Waals surface area contributed by atoms with E-state index in [1.54, 1.807) is 10.6 Å². The van der Waals surface area contributed by atoms with Crippen LogP contribution in [0.25, 0.3) is 10.9 Å². The second-order valence-corrected chi connectivity index (χ2v) is 7.06. The topological polar surface area (TPSA) is 39.1 Å². The van der Waals surface area contributed by atoms with E-state index in [9.17, 15) is 12.8 Å². The summed E-state index contributed by atoms with van der Waals surface area (Å²) >= 11 is 0. The quantitative estimate of drug-likeness (QED) is 0.641. The second kappa shape index (κ2) is 4.98. The molecule has 3 nitrogen and oxygen atoms in total. The van der Waals surface area contributed by atoms with Gasteiger partial charge in [-0.1, -0.05) is 11.6 Å². The van der Waals surface area contributed by atoms with Crippen molar-refractivity contribution in [3.05, 3.63) is 41.9 Å². The highest BCUT2D eigenvalue weighted by Crippen LogP contribution is 2.28. The van der Waals surface area contributed by atoms with E-state index in [0.717, 1.165) is 5.57 Å². The summed E-state index contributed by atoms with van der Waals surface area (Å²) in [4.78, 5) is -0.0641. The van der Waals surface area contributed by atoms with Gasteiger partial charge < -0.3 is 4.57 Å². The van der Waals surface area contributed by atoms with Crippen LogP contribution in [-0.2, 0) is 15.6 Å². The molecular formula is C13H13ClFNO2S. The number of halogens is 2. The number of fused-ring (bicyclic) bond motifs is 1. The molecule has 1 aromatic heterocycles. The number of hydrogen-bond acceptors (Lipinski definition) is 2. The molecule has 6 heteroatoms. The van der Waals surface area contributed by atoms with Crippen LogP contribution in [0.2, 0.25) is 0 Å². The maximum Gasteiger partial charge on any atom is 0.263 e. The lowest BCUT2D eigenvalue weighted by Crippen LogP contribution is -1.93. The molecule has 2 rings (SSSR count). The number of hydrogen-bond donors (Lipinski definition) is 0. The molecular weight excluding hydrogens is 289 g/mol. The van der Waals surface area contributed by atoms with Crippen molar-refractivity contribution in [2.75, 3.05) is 0 Å². The first-order valence-electron chi connectivity index (χ1n) is 5.65. The standard InChI is InChI=1S/C13H13ClFNO2S/c1-9(2)5-6-16-8-13(19(14,17)18)11-7-10(15)3-4-12(11)16/h3-5,7-8H,6H2,1-2H3. The maximum atomic E-state index is 13.3. The van der Waals surface area contributed by atoms with Gasteiger partial charge in [0.05, 0.1) is 0 Å². The van der Waals surface area contributed by atoms with Gasteiger partial charge in [0.25, 0.3) is 9.05 Å². The fourth-order valence-corrected chi connectivity index (χ4v) is 2.91. The highest BCUT2D eigenvalue weighted by atomic mass is 35.7. The van der Waals surface area contributed by atoms with Crippen LogP contribution in [0.3, 0.4) is 0 Å². The van der Waals surface area contributed by atoms with Gasteiger partial charge in [-0.2, -0.15) is 0 Å². The number of allylic oxidation sites excluding steroid dienone is 2. The molecule has 1 aromatic carbocycles. The van der Waals surface area contributed by atoms with Gasteiger partial charge in [-0.3, -0.25) is 0 Å². The van der Waals surface area contributed by atoms with E-state index >= 15 is 0 Å². The Hall–Kier alpha value is -1.33. The predicted octanol–water partition coefficient (Wildman–Crippen LogP) is 3.67. The highest BCUT2D eigenvalue weighted by molar-refractivity contribution is 8.14. The Bertz CT molecular complexity index is 758. The Balaban J connectivity index is 2.70. The third kappa shape index (κ3) is 2.98. The van der Waals surface area contributed by atoms with E-state index in [-0.39, 0.29) is 4.90 Å². The molecule has 0 spiro atoms. The van der Waals surface area contributed by atoms with Crippen molar-refractivity contribution in [2.45, 2.75) is 25.3 Å². The van der Waals surface area contributed by atoms with Crippen molar-refractivity contribution in [3.63, 3.8) is 0 Å². The normalized spacial score (nSPS) is 11.8. The molecule has 0 unspecified atom stereocenters. The molecule has 0 aliphatic heterocycles. The summed E-state index contributed by atoms with van der Waals surface area (Å²) in [6, 6.07) is 4.03. The second-order valence-electron chi connectivity index (χ2n) is 4.53. The monoisotopic (exact) mass is 301 g/mol. The summed E-state index contributed by atoms with van der Waals surface area (Å²) in [5.41, 5.74) is 1.75. The van der Waals surface area contributed by atoms with Crippen molar-refractivity contribution >= 4 is 30.6 Å². The molecule has 1 heterocycles.